The minimum atomic E-state index is -1.26. The molecule has 0 aliphatic heterocycles. The molecule has 0 aromatic rings. The van der Waals surface area contributed by atoms with E-state index in [1.165, 1.54) is 0 Å². The first-order chi connectivity index (χ1) is 3.63. The second kappa shape index (κ2) is 8.68. The molecule has 0 bridgehead atoms. The first kappa shape index (κ1) is 16.3. The smallest absolute Gasteiger partial charge is 0.478 e. The Hall–Kier alpha value is -0.320. The van der Waals surface area contributed by atoms with Gasteiger partial charge in [0.05, 0.1) is 0 Å². The van der Waals surface area contributed by atoms with Crippen molar-refractivity contribution in [2.75, 3.05) is 0 Å². The third-order valence-electron chi connectivity index (χ3n) is 0.368. The normalized spacial score (nSPS) is 7.60. The molecule has 0 amide bonds. The van der Waals surface area contributed by atoms with Gasteiger partial charge in [-0.05, 0) is 0 Å². The van der Waals surface area contributed by atoms with Crippen molar-refractivity contribution in [3.8, 4) is 0 Å². The van der Waals surface area contributed by atoms with E-state index < -0.39 is 11.9 Å². The summed E-state index contributed by atoms with van der Waals surface area (Å²) in [4.78, 5) is 19.1. The molecule has 0 heterocycles. The van der Waals surface area contributed by atoms with E-state index in [1.807, 2.05) is 0 Å². The summed E-state index contributed by atoms with van der Waals surface area (Å²) < 4.78 is 0. The van der Waals surface area contributed by atoms with Crippen molar-refractivity contribution >= 4 is 11.9 Å². The first-order valence-electron chi connectivity index (χ1n) is 1.77. The maximum Gasteiger partial charge on any atom is 1.00 e. The van der Waals surface area contributed by atoms with Gasteiger partial charge in [-0.2, -0.15) is 0 Å². The summed E-state index contributed by atoms with van der Waals surface area (Å²) >= 11 is 0. The topological polar surface area (TPSA) is 74.6 Å². The fraction of sp³-hybridized carbons (Fsp3) is 0. The van der Waals surface area contributed by atoms with E-state index in [0.29, 0.717) is 12.2 Å². The third kappa shape index (κ3) is 15.6. The number of carbonyl (C=O) groups is 2. The molecule has 0 saturated carbocycles. The molecular weight excluding hydrogens is 147 g/mol. The van der Waals surface area contributed by atoms with Crippen LogP contribution in [0.1, 0.15) is 0 Å². The van der Waals surface area contributed by atoms with Crippen LogP contribution in [0.4, 0.5) is 0 Å². The van der Waals surface area contributed by atoms with E-state index in [-0.39, 0.29) is 37.0 Å². The van der Waals surface area contributed by atoms with E-state index in [1.54, 1.807) is 0 Å². The molecule has 0 aromatic heterocycles. The van der Waals surface area contributed by atoms with Crippen LogP contribution in [-0.2, 0) is 9.59 Å². The largest absolute Gasteiger partial charge is 1.00 e. The first-order valence-corrected chi connectivity index (χ1v) is 1.77. The molecular formula is C5H7NaO4. The van der Waals surface area contributed by atoms with Crippen molar-refractivity contribution < 1.29 is 49.4 Å². The summed E-state index contributed by atoms with van der Waals surface area (Å²) in [6.45, 7) is 0. The Balaban J connectivity index is -0.000000245. The minimum Gasteiger partial charge on any atom is -0.478 e. The third-order valence-corrected chi connectivity index (χ3v) is 0.368. The quantitative estimate of drug-likeness (QED) is 0.255. The van der Waals surface area contributed by atoms with Gasteiger partial charge < -0.3 is 17.6 Å². The van der Waals surface area contributed by atoms with E-state index in [0.717, 1.165) is 0 Å². The summed E-state index contributed by atoms with van der Waals surface area (Å²) in [5.41, 5.74) is 0. The molecule has 10 heavy (non-hydrogen) atoms. The number of carboxylic acid groups (broad SMARTS) is 2. The Bertz CT molecular complexity index is 125. The minimum absolute atomic E-state index is 0. The molecule has 5 heteroatoms. The van der Waals surface area contributed by atoms with Crippen molar-refractivity contribution in [2.45, 2.75) is 0 Å². The van der Waals surface area contributed by atoms with E-state index in [2.05, 4.69) is 0 Å². The van der Waals surface area contributed by atoms with Crippen LogP contribution in [-0.4, -0.2) is 22.2 Å². The van der Waals surface area contributed by atoms with Crippen LogP contribution in [0.5, 0.6) is 0 Å². The van der Waals surface area contributed by atoms with Gasteiger partial charge in [-0.1, -0.05) is 0 Å². The summed E-state index contributed by atoms with van der Waals surface area (Å²) in [5, 5.41) is 15.6. The summed E-state index contributed by atoms with van der Waals surface area (Å²) in [5.74, 6) is -2.51. The van der Waals surface area contributed by atoms with Gasteiger partial charge in [-0.3, -0.25) is 0 Å². The van der Waals surface area contributed by atoms with Gasteiger partial charge in [0.25, 0.3) is 0 Å². The van der Waals surface area contributed by atoms with E-state index in [4.69, 9.17) is 10.2 Å². The second-order valence-electron chi connectivity index (χ2n) is 1.01. The van der Waals surface area contributed by atoms with Crippen molar-refractivity contribution in [2.24, 2.45) is 0 Å². The van der Waals surface area contributed by atoms with Crippen LogP contribution in [0.2, 0.25) is 0 Å². The predicted molar refractivity (Wildman–Crippen MR) is 30.8 cm³/mol. The maximum atomic E-state index is 9.55. The average Bonchev–Trinajstić information content (AvgIpc) is 1.61. The van der Waals surface area contributed by atoms with Crippen molar-refractivity contribution in [1.29, 1.82) is 0 Å². The monoisotopic (exact) mass is 154 g/mol. The standard InChI is InChI=1S/C4H4O4.CH3.Na/c5-3(6)1-2-4(7)8;;/h1-2H,(H,5,6)(H,7,8);1H3;/q;-1;+1. The number of hydrogen-bond donors (Lipinski definition) is 2. The Labute approximate surface area is 80.8 Å². The Morgan fingerprint density at radius 3 is 1.30 bits per heavy atom. The average molecular weight is 154 g/mol. The fourth-order valence-electron chi connectivity index (χ4n) is 0.143. The molecule has 2 N–H and O–H groups in total. The SMILES string of the molecule is O=C(O)C=CC(=O)O.[CH3-].[Na+]. The predicted octanol–water partition coefficient (Wildman–Crippen LogP) is -2.83. The Kier molecular flexibility index (Phi) is 14.2. The Morgan fingerprint density at radius 1 is 1.00 bits per heavy atom. The van der Waals surface area contributed by atoms with Crippen molar-refractivity contribution in [3.05, 3.63) is 19.6 Å². The van der Waals surface area contributed by atoms with Crippen molar-refractivity contribution in [1.82, 2.24) is 0 Å². The zero-order chi connectivity index (χ0) is 6.57. The number of aliphatic carboxylic acids is 2. The van der Waals surface area contributed by atoms with Gasteiger partial charge >= 0.3 is 41.5 Å². The van der Waals surface area contributed by atoms with Gasteiger partial charge in [-0.15, -0.1) is 0 Å². The molecule has 0 aromatic carbocycles. The van der Waals surface area contributed by atoms with Gasteiger partial charge in [0, 0.05) is 12.2 Å². The van der Waals surface area contributed by atoms with Gasteiger partial charge in [0.15, 0.2) is 0 Å². The van der Waals surface area contributed by atoms with Crippen LogP contribution in [0.3, 0.4) is 0 Å². The summed E-state index contributed by atoms with van der Waals surface area (Å²) in [7, 11) is 0. The molecule has 4 nitrogen and oxygen atoms in total. The zero-order valence-electron chi connectivity index (χ0n) is 5.87. The molecule has 0 radical (unpaired) electrons. The Morgan fingerprint density at radius 2 is 1.20 bits per heavy atom. The van der Waals surface area contributed by atoms with E-state index in [9.17, 15) is 9.59 Å². The molecule has 0 rings (SSSR count). The molecule has 0 aliphatic carbocycles. The van der Waals surface area contributed by atoms with Gasteiger partial charge in [0.2, 0.25) is 0 Å². The molecule has 0 aliphatic rings. The number of carboxylic acids is 2. The molecule has 52 valence electrons. The molecule has 0 atom stereocenters. The molecule has 0 spiro atoms. The van der Waals surface area contributed by atoms with Crippen LogP contribution < -0.4 is 29.6 Å². The zero-order valence-corrected chi connectivity index (χ0v) is 7.87. The number of rotatable bonds is 2. The second-order valence-corrected chi connectivity index (χ2v) is 1.01. The molecule has 0 unspecified atom stereocenters. The summed E-state index contributed by atoms with van der Waals surface area (Å²) in [6.07, 6.45) is 1.12. The van der Waals surface area contributed by atoms with Crippen LogP contribution >= 0.6 is 0 Å². The number of hydrogen-bond acceptors (Lipinski definition) is 2. The molecule has 0 saturated heterocycles. The maximum absolute atomic E-state index is 9.55. The van der Waals surface area contributed by atoms with Crippen LogP contribution in [0.25, 0.3) is 0 Å². The van der Waals surface area contributed by atoms with Crippen molar-refractivity contribution in [3.63, 3.8) is 0 Å². The van der Waals surface area contributed by atoms with Crippen LogP contribution in [0.15, 0.2) is 12.2 Å². The fourth-order valence-corrected chi connectivity index (χ4v) is 0.143. The molecule has 0 fully saturated rings. The van der Waals surface area contributed by atoms with Crippen LogP contribution in [0, 0.1) is 7.43 Å². The van der Waals surface area contributed by atoms with E-state index >= 15 is 0 Å². The van der Waals surface area contributed by atoms with Gasteiger partial charge in [-0.25, -0.2) is 9.59 Å². The summed E-state index contributed by atoms with van der Waals surface area (Å²) in [6, 6.07) is 0. The van der Waals surface area contributed by atoms with Gasteiger partial charge in [0.1, 0.15) is 0 Å².